The Labute approximate surface area is 183 Å². The summed E-state index contributed by atoms with van der Waals surface area (Å²) in [7, 11) is -1.37. The van der Waals surface area contributed by atoms with Crippen molar-refractivity contribution < 1.29 is 18.0 Å². The van der Waals surface area contributed by atoms with Gasteiger partial charge in [0.2, 0.25) is 0 Å². The van der Waals surface area contributed by atoms with Crippen LogP contribution in [0.3, 0.4) is 0 Å². The van der Waals surface area contributed by atoms with Crippen LogP contribution in [0.1, 0.15) is 75.0 Å². The fraction of sp³-hybridized carbons (Fsp3) is 0.857. The Morgan fingerprint density at radius 2 is 1.61 bits per heavy atom. The lowest BCUT2D eigenvalue weighted by molar-refractivity contribution is 0.0859. The van der Waals surface area contributed by atoms with Crippen molar-refractivity contribution in [1.29, 1.82) is 0 Å². The van der Waals surface area contributed by atoms with Gasteiger partial charge < -0.3 is 14.5 Å². The van der Waals surface area contributed by atoms with Gasteiger partial charge in [-0.1, -0.05) is 5.16 Å². The molecule has 0 aromatic carbocycles. The van der Waals surface area contributed by atoms with Crippen molar-refractivity contribution in [3.63, 3.8) is 0 Å². The van der Waals surface area contributed by atoms with E-state index >= 15 is 0 Å². The maximum absolute atomic E-state index is 13.7. The third-order valence-electron chi connectivity index (χ3n) is 8.00. The van der Waals surface area contributed by atoms with E-state index in [1.807, 2.05) is 14.7 Å². The normalized spacial score (nSPS) is 38.1. The zero-order valence-electron chi connectivity index (χ0n) is 18.1. The molecule has 1 aliphatic carbocycles. The van der Waals surface area contributed by atoms with Crippen molar-refractivity contribution >= 4 is 10.2 Å². The molecule has 6 rings (SSSR count). The number of likely N-dealkylation sites (tertiary alicyclic amines) is 1. The molecule has 2 N–H and O–H groups in total. The van der Waals surface area contributed by atoms with Crippen molar-refractivity contribution in [2.45, 2.75) is 93.7 Å². The minimum atomic E-state index is -3.46. The molecule has 1 aromatic rings. The van der Waals surface area contributed by atoms with Crippen LogP contribution < -0.4 is 5.32 Å². The molecule has 4 bridgehead atoms. The van der Waals surface area contributed by atoms with Crippen LogP contribution in [0, 0.1) is 0 Å². The third kappa shape index (κ3) is 3.55. The number of nitrogens with zero attached hydrogens (tertiary/aromatic N) is 4. The van der Waals surface area contributed by atoms with Crippen LogP contribution in [0.4, 0.5) is 0 Å². The fourth-order valence-electron chi connectivity index (χ4n) is 6.51. The van der Waals surface area contributed by atoms with Gasteiger partial charge in [0.15, 0.2) is 6.23 Å². The molecule has 1 saturated carbocycles. The summed E-state index contributed by atoms with van der Waals surface area (Å²) in [6.07, 6.45) is 6.56. The van der Waals surface area contributed by atoms with Crippen LogP contribution in [0.25, 0.3) is 0 Å². The van der Waals surface area contributed by atoms with Crippen molar-refractivity contribution in [2.75, 3.05) is 20.1 Å². The number of fused-ring (bicyclic) bond motifs is 4. The molecule has 0 radical (unpaired) electrons. The van der Waals surface area contributed by atoms with Gasteiger partial charge in [0, 0.05) is 55.3 Å². The highest BCUT2D eigenvalue weighted by Gasteiger charge is 2.54. The molecule has 5 fully saturated rings. The predicted molar refractivity (Wildman–Crippen MR) is 113 cm³/mol. The van der Waals surface area contributed by atoms with Crippen LogP contribution in [0.2, 0.25) is 0 Å². The van der Waals surface area contributed by atoms with Crippen LogP contribution in [-0.2, 0) is 10.2 Å². The molecule has 1 aromatic heterocycles. The van der Waals surface area contributed by atoms with E-state index in [0.717, 1.165) is 70.2 Å². The van der Waals surface area contributed by atoms with E-state index in [9.17, 15) is 13.5 Å². The van der Waals surface area contributed by atoms with Gasteiger partial charge >= 0.3 is 0 Å². The minimum Gasteiger partial charge on any atom is -0.373 e. The number of likely N-dealkylation sites (N-methyl/N-ethyl adjacent to an activating group) is 1. The van der Waals surface area contributed by atoms with E-state index in [0.29, 0.717) is 11.6 Å². The quantitative estimate of drug-likeness (QED) is 0.626. The van der Waals surface area contributed by atoms with Crippen LogP contribution in [-0.4, -0.2) is 82.5 Å². The summed E-state index contributed by atoms with van der Waals surface area (Å²) in [5, 5.41) is 18.0. The standard InChI is InChI=1S/C21H33N5O4S/c1-24-11-17-6-7-18(12-24)26(17)31(28,29)25-15-4-5-16(25)9-14(8-15)22-21(27)19-10-20(30-23-19)13-2-3-13/h10,13-18,21-22,27H,2-9,11-12H2,1H3/t14?,15-,16+,17?,18?,21?. The van der Waals surface area contributed by atoms with E-state index in [2.05, 4.69) is 22.4 Å². The molecule has 9 nitrogen and oxygen atoms in total. The maximum Gasteiger partial charge on any atom is 0.283 e. The van der Waals surface area contributed by atoms with Crippen LogP contribution in [0.5, 0.6) is 0 Å². The maximum atomic E-state index is 13.7. The van der Waals surface area contributed by atoms with Gasteiger partial charge in [-0.3, -0.25) is 5.32 Å². The van der Waals surface area contributed by atoms with E-state index in [4.69, 9.17) is 4.52 Å². The number of aromatic nitrogens is 1. The average molecular weight is 452 g/mol. The summed E-state index contributed by atoms with van der Waals surface area (Å²) in [4.78, 5) is 2.26. The van der Waals surface area contributed by atoms with Gasteiger partial charge in [-0.05, 0) is 58.4 Å². The van der Waals surface area contributed by atoms with Crippen molar-refractivity contribution in [3.05, 3.63) is 17.5 Å². The Morgan fingerprint density at radius 1 is 1.03 bits per heavy atom. The lowest BCUT2D eigenvalue weighted by Crippen LogP contribution is -2.61. The smallest absolute Gasteiger partial charge is 0.283 e. The van der Waals surface area contributed by atoms with Gasteiger partial charge in [-0.25, -0.2) is 0 Å². The van der Waals surface area contributed by atoms with E-state index in [1.165, 1.54) is 0 Å². The predicted octanol–water partition coefficient (Wildman–Crippen LogP) is 1.15. The first-order valence-corrected chi connectivity index (χ1v) is 13.2. The summed E-state index contributed by atoms with van der Waals surface area (Å²) >= 11 is 0. The van der Waals surface area contributed by atoms with Gasteiger partial charge in [0.25, 0.3) is 10.2 Å². The molecular weight excluding hydrogens is 418 g/mol. The SMILES string of the molecule is CN1CC2CCC(C1)N2S(=O)(=O)N1[C@@H]2CC[C@H]1CC(NC(O)c1cc(C3CC3)on1)C2. The molecule has 172 valence electrons. The van der Waals surface area contributed by atoms with Crippen LogP contribution in [0.15, 0.2) is 10.6 Å². The van der Waals surface area contributed by atoms with Crippen LogP contribution >= 0.6 is 0 Å². The van der Waals surface area contributed by atoms with Gasteiger partial charge in [-0.15, -0.1) is 0 Å². The number of nitrogens with one attached hydrogen (secondary N) is 1. The Kier molecular flexibility index (Phi) is 4.97. The Bertz CT molecular complexity index is 906. The zero-order valence-corrected chi connectivity index (χ0v) is 18.9. The van der Waals surface area contributed by atoms with Gasteiger partial charge in [-0.2, -0.15) is 17.0 Å². The summed E-state index contributed by atoms with van der Waals surface area (Å²) in [5.74, 6) is 1.32. The molecule has 10 heteroatoms. The molecule has 0 spiro atoms. The Morgan fingerprint density at radius 3 is 2.23 bits per heavy atom. The molecule has 4 unspecified atom stereocenters. The fourth-order valence-corrected chi connectivity index (χ4v) is 8.96. The highest BCUT2D eigenvalue weighted by Crippen LogP contribution is 2.43. The van der Waals surface area contributed by atoms with Crippen molar-refractivity contribution in [1.82, 2.24) is 24.0 Å². The lowest BCUT2D eigenvalue weighted by Gasteiger charge is -2.45. The molecule has 5 aliphatic rings. The molecule has 31 heavy (non-hydrogen) atoms. The molecular formula is C21H33N5O4S. The summed E-state index contributed by atoms with van der Waals surface area (Å²) in [6.45, 7) is 1.66. The topological polar surface area (TPSA) is 102 Å². The molecule has 4 saturated heterocycles. The Hall–Kier alpha value is -1.04. The first-order valence-electron chi connectivity index (χ1n) is 11.8. The van der Waals surface area contributed by atoms with E-state index in [1.54, 1.807) is 0 Å². The minimum absolute atomic E-state index is 0.00633. The summed E-state index contributed by atoms with van der Waals surface area (Å²) < 4.78 is 36.5. The highest BCUT2D eigenvalue weighted by molar-refractivity contribution is 7.86. The second kappa shape index (κ2) is 7.50. The van der Waals surface area contributed by atoms with Gasteiger partial charge in [0.05, 0.1) is 0 Å². The van der Waals surface area contributed by atoms with Crippen molar-refractivity contribution in [2.24, 2.45) is 0 Å². The number of hydrogen-bond acceptors (Lipinski definition) is 7. The Balaban J connectivity index is 1.14. The van der Waals surface area contributed by atoms with Gasteiger partial charge in [0.1, 0.15) is 11.5 Å². The summed E-state index contributed by atoms with van der Waals surface area (Å²) in [5.41, 5.74) is 0.526. The first-order chi connectivity index (χ1) is 14.9. The number of piperazine rings is 1. The third-order valence-corrected chi connectivity index (χ3v) is 10.3. The second-order valence-corrected chi connectivity index (χ2v) is 12.1. The molecule has 5 heterocycles. The average Bonchev–Trinajstić information content (AvgIpc) is 3.26. The van der Waals surface area contributed by atoms with E-state index in [-0.39, 0.29) is 30.2 Å². The largest absolute Gasteiger partial charge is 0.373 e. The number of piperidine rings is 1. The number of aliphatic hydroxyl groups excluding tert-OH is 1. The number of aliphatic hydroxyl groups is 1. The second-order valence-electron chi connectivity index (χ2n) is 10.3. The summed E-state index contributed by atoms with van der Waals surface area (Å²) in [6, 6.07) is 2.16. The monoisotopic (exact) mass is 451 g/mol. The highest BCUT2D eigenvalue weighted by atomic mass is 32.2. The lowest BCUT2D eigenvalue weighted by atomic mass is 9.99. The number of hydrogen-bond donors (Lipinski definition) is 2. The first kappa shape index (κ1) is 20.6. The van der Waals surface area contributed by atoms with E-state index < -0.39 is 16.4 Å². The van der Waals surface area contributed by atoms with Crippen molar-refractivity contribution in [3.8, 4) is 0 Å². The molecule has 0 amide bonds. The molecule has 4 aliphatic heterocycles. The number of rotatable bonds is 6. The zero-order chi connectivity index (χ0) is 21.3. The molecule has 6 atom stereocenters.